The molecule has 0 amide bonds. The molecule has 0 bridgehead atoms. The second-order valence-corrected chi connectivity index (χ2v) is 9.41. The molecular formula is C13H24B8ClNO. The second-order valence-electron chi connectivity index (χ2n) is 9.00. The second kappa shape index (κ2) is 6.03. The zero-order chi connectivity index (χ0) is 19.4. The average Bonchev–Trinajstić information content (AvgIpc) is 2.48. The zero-order valence-electron chi connectivity index (χ0n) is 16.6. The van der Waals surface area contributed by atoms with Crippen molar-refractivity contribution >= 4 is 80.2 Å². The van der Waals surface area contributed by atoms with Crippen molar-refractivity contribution in [3.8, 4) is 12.3 Å². The third kappa shape index (κ3) is 2.31. The molecule has 1 fully saturated rings. The third-order valence-corrected chi connectivity index (χ3v) is 8.18. The highest BCUT2D eigenvalue weighted by Gasteiger charge is 2.70. The minimum absolute atomic E-state index is 0.0224. The van der Waals surface area contributed by atoms with E-state index >= 15 is 0 Å². The van der Waals surface area contributed by atoms with Gasteiger partial charge in [0, 0.05) is 10.6 Å². The van der Waals surface area contributed by atoms with Crippen LogP contribution in [0.1, 0.15) is 6.92 Å². The number of carbonyl (C=O) groups is 1. The van der Waals surface area contributed by atoms with E-state index < -0.39 is 16.0 Å². The van der Waals surface area contributed by atoms with Crippen molar-refractivity contribution in [3.63, 3.8) is 0 Å². The van der Waals surface area contributed by atoms with Crippen LogP contribution in [-0.4, -0.2) is 74.1 Å². The molecule has 1 aliphatic rings. The van der Waals surface area contributed by atoms with Crippen molar-refractivity contribution in [2.45, 2.75) is 33.3 Å². The Labute approximate surface area is 159 Å². The van der Waals surface area contributed by atoms with Gasteiger partial charge in [-0.3, -0.25) is 4.79 Å². The molecule has 0 aromatic carbocycles. The summed E-state index contributed by atoms with van der Waals surface area (Å²) in [6.45, 7) is 1.82. The van der Waals surface area contributed by atoms with Gasteiger partial charge in [0.2, 0.25) is 0 Å². The molecule has 0 spiro atoms. The fraction of sp³-hybridized carbons (Fsp3) is 0.462. The van der Waals surface area contributed by atoms with Gasteiger partial charge in [0.05, 0.1) is 36.9 Å². The Morgan fingerprint density at radius 3 is 1.92 bits per heavy atom. The van der Waals surface area contributed by atoms with Gasteiger partial charge in [-0.2, -0.15) is 0 Å². The van der Waals surface area contributed by atoms with E-state index in [0.29, 0.717) is 10.6 Å². The van der Waals surface area contributed by atoms with Crippen molar-refractivity contribution in [1.29, 1.82) is 0 Å². The Morgan fingerprint density at radius 1 is 1.08 bits per heavy atom. The van der Waals surface area contributed by atoms with E-state index in [1.54, 1.807) is 12.2 Å². The smallest absolute Gasteiger partial charge is 0.146 e. The van der Waals surface area contributed by atoms with Crippen LogP contribution in [0.4, 0.5) is 0 Å². The van der Waals surface area contributed by atoms with E-state index in [1.165, 1.54) is 0 Å². The van der Waals surface area contributed by atoms with Crippen molar-refractivity contribution in [2.75, 3.05) is 0 Å². The monoisotopic (exact) mass is 333 g/mol. The van der Waals surface area contributed by atoms with Gasteiger partial charge >= 0.3 is 0 Å². The molecule has 0 radical (unpaired) electrons. The first-order valence-corrected chi connectivity index (χ1v) is 8.79. The van der Waals surface area contributed by atoms with Gasteiger partial charge in [-0.1, -0.05) is 39.2 Å². The Hall–Kier alpha value is -0.521. The largest absolute Gasteiger partial charge is 0.316 e. The predicted octanol–water partition coefficient (Wildman–Crippen LogP) is -5.50. The summed E-state index contributed by atoms with van der Waals surface area (Å²) in [6.07, 6.45) is 8.82. The van der Waals surface area contributed by atoms with Gasteiger partial charge < -0.3 is 5.73 Å². The lowest BCUT2D eigenvalue weighted by Crippen LogP contribution is -2.74. The van der Waals surface area contributed by atoms with E-state index in [1.807, 2.05) is 38.3 Å². The van der Waals surface area contributed by atoms with Crippen LogP contribution in [0.15, 0.2) is 22.8 Å². The molecule has 0 aliphatic heterocycles. The lowest BCUT2D eigenvalue weighted by Gasteiger charge is -2.70. The number of hydrogen-bond acceptors (Lipinski definition) is 2. The molecule has 0 aromatic heterocycles. The molecule has 24 heavy (non-hydrogen) atoms. The molecule has 1 saturated carbocycles. The molecule has 1 rings (SSSR count). The first-order valence-electron chi connectivity index (χ1n) is 8.41. The van der Waals surface area contributed by atoms with E-state index in [-0.39, 0.29) is 16.2 Å². The summed E-state index contributed by atoms with van der Waals surface area (Å²) in [7, 11) is 16.7. The van der Waals surface area contributed by atoms with Crippen LogP contribution < -0.4 is 5.73 Å². The summed E-state index contributed by atoms with van der Waals surface area (Å²) in [5.74, 6) is 2.50. The number of rotatable bonds is 2. The molecule has 0 aromatic rings. The number of ketones is 1. The van der Waals surface area contributed by atoms with Crippen molar-refractivity contribution in [1.82, 2.24) is 0 Å². The number of carbonyl (C=O) groups excluding carboxylic acids is 1. The van der Waals surface area contributed by atoms with Crippen LogP contribution in [0, 0.1) is 12.3 Å². The Morgan fingerprint density at radius 2 is 1.54 bits per heavy atom. The molecule has 118 valence electrons. The van der Waals surface area contributed by atoms with E-state index in [0.717, 1.165) is 0 Å². The number of nitrogens with two attached hydrogens (primary N) is 1. The highest BCUT2D eigenvalue weighted by molar-refractivity contribution is 6.72. The number of allylic oxidation sites excluding steroid dienone is 2. The average molecular weight is 332 g/mol. The maximum atomic E-state index is 13.7. The lowest BCUT2D eigenvalue weighted by atomic mass is 9.05. The molecular weight excluding hydrogens is 308 g/mol. The van der Waals surface area contributed by atoms with Gasteiger partial charge in [0.1, 0.15) is 37.2 Å². The maximum Gasteiger partial charge on any atom is 0.146 e. The van der Waals surface area contributed by atoms with Crippen LogP contribution in [0.25, 0.3) is 0 Å². The van der Waals surface area contributed by atoms with Crippen LogP contribution in [0.5, 0.6) is 0 Å². The van der Waals surface area contributed by atoms with Gasteiger partial charge in [0.15, 0.2) is 0 Å². The van der Waals surface area contributed by atoms with E-state index in [9.17, 15) is 4.79 Å². The Kier molecular flexibility index (Phi) is 5.41. The van der Waals surface area contributed by atoms with Crippen LogP contribution in [-0.2, 0) is 4.79 Å². The molecule has 0 saturated heterocycles. The SMILES string of the molecule is BC1(B)C(=O)C(N)(C(=C/C#C)/C(Cl)=C\C)C(B)(B)C(B)(B)C1(B)B. The normalized spacial score (nSPS) is 31.2. The van der Waals surface area contributed by atoms with Gasteiger partial charge in [-0.15, -0.1) is 6.42 Å². The summed E-state index contributed by atoms with van der Waals surface area (Å²) in [4.78, 5) is 13.7. The molecule has 0 heterocycles. The summed E-state index contributed by atoms with van der Waals surface area (Å²) < 4.78 is 0. The minimum atomic E-state index is -1.27. The minimum Gasteiger partial charge on any atom is -0.316 e. The highest BCUT2D eigenvalue weighted by Crippen LogP contribution is 2.73. The predicted molar refractivity (Wildman–Crippen MR) is 128 cm³/mol. The van der Waals surface area contributed by atoms with Gasteiger partial charge in [-0.05, 0) is 18.2 Å². The van der Waals surface area contributed by atoms with E-state index in [4.69, 9.17) is 23.8 Å². The standard InChI is InChI=1S/C13H24B8ClNO/c1-3-5-6(7(22)4-2)9(23)8(24)10(14,15)12(18,19)13(20,21)11(9,16)17/h1,4-5H,14-21,23H2,2H3/b6-5+,7-4+. The van der Waals surface area contributed by atoms with Crippen molar-refractivity contribution in [3.05, 3.63) is 22.8 Å². The first-order chi connectivity index (χ1) is 10.6. The Bertz CT molecular complexity index is 676. The van der Waals surface area contributed by atoms with Crippen LogP contribution >= 0.6 is 11.6 Å². The lowest BCUT2D eigenvalue weighted by molar-refractivity contribution is -0.126. The first kappa shape index (κ1) is 21.5. The molecule has 2 nitrogen and oxygen atoms in total. The van der Waals surface area contributed by atoms with Gasteiger partial charge in [-0.25, -0.2) is 0 Å². The summed E-state index contributed by atoms with van der Waals surface area (Å²) in [6, 6.07) is 0. The fourth-order valence-corrected chi connectivity index (χ4v) is 4.39. The maximum absolute atomic E-state index is 13.7. The number of Topliss-reactive ketones (excluding diaryl/α,β-unsaturated/α-hetero) is 1. The quantitative estimate of drug-likeness (QED) is 0.312. The third-order valence-electron chi connectivity index (χ3n) is 7.76. The molecule has 2 N–H and O–H groups in total. The van der Waals surface area contributed by atoms with Crippen molar-refractivity contribution < 1.29 is 4.79 Å². The fourth-order valence-electron chi connectivity index (χ4n) is 4.18. The molecule has 1 atom stereocenters. The van der Waals surface area contributed by atoms with Crippen LogP contribution in [0.3, 0.4) is 0 Å². The topological polar surface area (TPSA) is 43.1 Å². The number of halogens is 1. The summed E-state index contributed by atoms with van der Waals surface area (Å²) in [5, 5.41) is -1.30. The summed E-state index contributed by atoms with van der Waals surface area (Å²) in [5.41, 5.74) is 6.18. The van der Waals surface area contributed by atoms with E-state index in [2.05, 4.69) is 37.3 Å². The van der Waals surface area contributed by atoms with Gasteiger partial charge in [0.25, 0.3) is 0 Å². The Balaban J connectivity index is 3.97. The van der Waals surface area contributed by atoms with Crippen LogP contribution in [0.2, 0.25) is 20.9 Å². The number of terminal acetylenes is 1. The molecule has 1 aliphatic carbocycles. The summed E-state index contributed by atoms with van der Waals surface area (Å²) >= 11 is 6.45. The molecule has 11 heteroatoms. The van der Waals surface area contributed by atoms with Crippen molar-refractivity contribution in [2.24, 2.45) is 5.73 Å². The zero-order valence-corrected chi connectivity index (χ0v) is 17.4. The number of hydrogen-bond donors (Lipinski definition) is 1. The molecule has 1 unspecified atom stereocenters. The highest BCUT2D eigenvalue weighted by atomic mass is 35.5.